The molecule has 0 saturated carbocycles. The van der Waals surface area contributed by atoms with Crippen molar-refractivity contribution < 1.29 is 9.53 Å². The van der Waals surface area contributed by atoms with Crippen LogP contribution < -0.4 is 10.5 Å². The third-order valence-electron chi connectivity index (χ3n) is 6.67. The van der Waals surface area contributed by atoms with Gasteiger partial charge in [-0.25, -0.2) is 0 Å². The quantitative estimate of drug-likeness (QED) is 0.247. The lowest BCUT2D eigenvalue weighted by Crippen LogP contribution is -2.37. The van der Waals surface area contributed by atoms with E-state index < -0.39 is 0 Å². The fourth-order valence-electron chi connectivity index (χ4n) is 4.94. The number of aromatic nitrogens is 3. The summed E-state index contributed by atoms with van der Waals surface area (Å²) in [5, 5.41) is 17.5. The van der Waals surface area contributed by atoms with Crippen LogP contribution in [0.2, 0.25) is 0 Å². The van der Waals surface area contributed by atoms with Crippen LogP contribution in [0.1, 0.15) is 32.4 Å². The second-order valence-electron chi connectivity index (χ2n) is 9.87. The van der Waals surface area contributed by atoms with Crippen LogP contribution in [-0.2, 0) is 11.2 Å². The minimum Gasteiger partial charge on any atom is -0.457 e. The molecular formula is C30H30N6O2. The third kappa shape index (κ3) is 5.23. The molecule has 4 aromatic rings. The second kappa shape index (κ2) is 10.8. The standard InChI is InChI=1S/C30H30N6O2/c1-19(2)15-21(18-31)30(37)36-14-6-7-23(36)16-22-17-26-27(29(32)35-34-26)28(33-22)20-10-12-25(13-11-20)38-24-8-4-3-5-9-24/h3-5,8-13,15,17,19,23H,6-7,14,16H2,1-2H3,(H3,32,34,35). The number of para-hydroxylation sites is 1. The van der Waals surface area contributed by atoms with Crippen molar-refractivity contribution >= 4 is 22.6 Å². The highest BCUT2D eigenvalue weighted by molar-refractivity contribution is 6.00. The van der Waals surface area contributed by atoms with Gasteiger partial charge in [0.2, 0.25) is 0 Å². The van der Waals surface area contributed by atoms with Gasteiger partial charge in [0.1, 0.15) is 23.1 Å². The molecule has 2 aromatic carbocycles. The fourth-order valence-corrected chi connectivity index (χ4v) is 4.94. The minimum absolute atomic E-state index is 0.0360. The van der Waals surface area contributed by atoms with Crippen molar-refractivity contribution in [3.8, 4) is 28.8 Å². The molecule has 2 aromatic heterocycles. The summed E-state index contributed by atoms with van der Waals surface area (Å²) in [6.45, 7) is 4.56. The number of hydrogen-bond acceptors (Lipinski definition) is 6. The van der Waals surface area contributed by atoms with Crippen molar-refractivity contribution in [2.75, 3.05) is 12.3 Å². The molecule has 1 aliphatic rings. The molecule has 0 bridgehead atoms. The van der Waals surface area contributed by atoms with Gasteiger partial charge < -0.3 is 15.4 Å². The number of rotatable bonds is 7. The number of fused-ring (bicyclic) bond motifs is 1. The first-order valence-electron chi connectivity index (χ1n) is 12.8. The lowest BCUT2D eigenvalue weighted by atomic mass is 10.0. The fraction of sp³-hybridized carbons (Fsp3) is 0.267. The number of nitrogens with two attached hydrogens (primary N) is 1. The van der Waals surface area contributed by atoms with E-state index in [4.69, 9.17) is 15.5 Å². The van der Waals surface area contributed by atoms with Gasteiger partial charge in [0.05, 0.1) is 16.6 Å². The number of carbonyl (C=O) groups is 1. The highest BCUT2D eigenvalue weighted by Gasteiger charge is 2.31. The van der Waals surface area contributed by atoms with Crippen molar-refractivity contribution in [2.45, 2.75) is 39.2 Å². The van der Waals surface area contributed by atoms with Gasteiger partial charge in [-0.05, 0) is 61.2 Å². The molecule has 1 atom stereocenters. The van der Waals surface area contributed by atoms with Gasteiger partial charge in [-0.15, -0.1) is 0 Å². The Balaban J connectivity index is 1.43. The Labute approximate surface area is 221 Å². The van der Waals surface area contributed by atoms with Gasteiger partial charge in [-0.3, -0.25) is 14.9 Å². The first-order chi connectivity index (χ1) is 18.4. The maximum Gasteiger partial charge on any atom is 0.264 e. The molecule has 1 saturated heterocycles. The molecule has 3 heterocycles. The Hall–Kier alpha value is -4.64. The van der Waals surface area contributed by atoms with Gasteiger partial charge in [0.15, 0.2) is 5.82 Å². The average molecular weight is 507 g/mol. The molecule has 1 amide bonds. The number of pyridine rings is 1. The van der Waals surface area contributed by atoms with Gasteiger partial charge in [0.25, 0.3) is 5.91 Å². The number of benzene rings is 2. The molecule has 0 spiro atoms. The number of H-pyrrole nitrogens is 1. The van der Waals surface area contributed by atoms with Crippen molar-refractivity contribution in [2.24, 2.45) is 5.92 Å². The normalized spacial score (nSPS) is 15.7. The molecule has 1 unspecified atom stereocenters. The summed E-state index contributed by atoms with van der Waals surface area (Å²) < 4.78 is 5.94. The van der Waals surface area contributed by atoms with Crippen LogP contribution in [0.4, 0.5) is 5.82 Å². The number of carbonyl (C=O) groups excluding carboxylic acids is 1. The van der Waals surface area contributed by atoms with E-state index in [1.165, 1.54) is 0 Å². The summed E-state index contributed by atoms with van der Waals surface area (Å²) in [5.41, 5.74) is 9.65. The summed E-state index contributed by atoms with van der Waals surface area (Å²) >= 11 is 0. The lowest BCUT2D eigenvalue weighted by Gasteiger charge is -2.24. The van der Waals surface area contributed by atoms with Gasteiger partial charge in [-0.2, -0.15) is 10.4 Å². The Morgan fingerprint density at radius 1 is 1.21 bits per heavy atom. The lowest BCUT2D eigenvalue weighted by molar-refractivity contribution is -0.127. The van der Waals surface area contributed by atoms with Crippen molar-refractivity contribution in [3.05, 3.63) is 78.0 Å². The van der Waals surface area contributed by atoms with Crippen molar-refractivity contribution in [1.29, 1.82) is 5.26 Å². The van der Waals surface area contributed by atoms with Gasteiger partial charge >= 0.3 is 0 Å². The Morgan fingerprint density at radius 2 is 1.95 bits per heavy atom. The largest absolute Gasteiger partial charge is 0.457 e. The Morgan fingerprint density at radius 3 is 2.66 bits per heavy atom. The van der Waals surface area contributed by atoms with E-state index in [-0.39, 0.29) is 23.4 Å². The zero-order chi connectivity index (χ0) is 26.6. The maximum absolute atomic E-state index is 13.1. The number of allylic oxidation sites excluding steroid dienone is 1. The molecule has 1 fully saturated rings. The number of ether oxygens (including phenoxy) is 1. The van der Waals surface area contributed by atoms with Crippen LogP contribution in [0.5, 0.6) is 11.5 Å². The zero-order valence-corrected chi connectivity index (χ0v) is 21.5. The van der Waals surface area contributed by atoms with Gasteiger partial charge in [-0.1, -0.05) is 38.1 Å². The molecule has 1 aliphatic heterocycles. The first-order valence-corrected chi connectivity index (χ1v) is 12.8. The molecule has 5 rings (SSSR count). The van der Waals surface area contributed by atoms with E-state index in [9.17, 15) is 10.1 Å². The number of aromatic amines is 1. The highest BCUT2D eigenvalue weighted by Crippen LogP contribution is 2.33. The van der Waals surface area contributed by atoms with Crippen molar-refractivity contribution in [3.63, 3.8) is 0 Å². The van der Waals surface area contributed by atoms with Crippen LogP contribution in [0.3, 0.4) is 0 Å². The number of hydrogen-bond donors (Lipinski definition) is 2. The number of nitrogens with one attached hydrogen (secondary N) is 1. The molecule has 3 N–H and O–H groups in total. The molecule has 8 nitrogen and oxygen atoms in total. The maximum atomic E-state index is 13.1. The van der Waals surface area contributed by atoms with Crippen LogP contribution in [0.15, 0.2) is 72.3 Å². The number of nitrogens with zero attached hydrogens (tertiary/aromatic N) is 4. The molecule has 192 valence electrons. The highest BCUT2D eigenvalue weighted by atomic mass is 16.5. The van der Waals surface area contributed by atoms with Crippen LogP contribution in [0.25, 0.3) is 22.2 Å². The molecule has 0 aliphatic carbocycles. The second-order valence-corrected chi connectivity index (χ2v) is 9.87. The molecular weight excluding hydrogens is 476 g/mol. The predicted octanol–water partition coefficient (Wildman–Crippen LogP) is 5.64. The van der Waals surface area contributed by atoms with Crippen LogP contribution in [-0.4, -0.2) is 38.6 Å². The van der Waals surface area contributed by atoms with E-state index in [0.29, 0.717) is 18.8 Å². The minimum atomic E-state index is -0.204. The monoisotopic (exact) mass is 506 g/mol. The number of amides is 1. The summed E-state index contributed by atoms with van der Waals surface area (Å²) in [7, 11) is 0. The van der Waals surface area contributed by atoms with E-state index in [1.807, 2.05) is 79.4 Å². The Bertz CT molecular complexity index is 1520. The molecule has 38 heavy (non-hydrogen) atoms. The molecule has 8 heteroatoms. The summed E-state index contributed by atoms with van der Waals surface area (Å²) in [6.07, 6.45) is 4.06. The zero-order valence-electron chi connectivity index (χ0n) is 21.5. The van der Waals surface area contributed by atoms with E-state index >= 15 is 0 Å². The Kier molecular flexibility index (Phi) is 7.09. The third-order valence-corrected chi connectivity index (χ3v) is 6.67. The van der Waals surface area contributed by atoms with Gasteiger partial charge in [0, 0.05) is 30.3 Å². The van der Waals surface area contributed by atoms with Crippen LogP contribution >= 0.6 is 0 Å². The number of nitrogen functional groups attached to an aromatic ring is 1. The van der Waals surface area contributed by atoms with E-state index in [1.54, 1.807) is 6.08 Å². The number of likely N-dealkylation sites (tertiary alicyclic amines) is 1. The van der Waals surface area contributed by atoms with E-state index in [0.717, 1.165) is 52.2 Å². The average Bonchev–Trinajstić information content (AvgIpc) is 3.54. The first kappa shape index (κ1) is 25.0. The number of nitriles is 1. The smallest absolute Gasteiger partial charge is 0.264 e. The number of anilines is 1. The predicted molar refractivity (Wildman–Crippen MR) is 147 cm³/mol. The molecule has 0 radical (unpaired) electrons. The topological polar surface area (TPSA) is 121 Å². The summed E-state index contributed by atoms with van der Waals surface area (Å²) in [4.78, 5) is 20.0. The summed E-state index contributed by atoms with van der Waals surface area (Å²) in [5.74, 6) is 1.78. The summed E-state index contributed by atoms with van der Waals surface area (Å²) in [6, 6.07) is 21.3. The van der Waals surface area contributed by atoms with E-state index in [2.05, 4.69) is 16.3 Å². The SMILES string of the molecule is CC(C)C=C(C#N)C(=O)N1CCCC1Cc1cc2[nH]nc(N)c2c(-c2ccc(Oc3ccccc3)cc2)n1. The van der Waals surface area contributed by atoms with Crippen LogP contribution in [0, 0.1) is 17.2 Å². The van der Waals surface area contributed by atoms with Crippen molar-refractivity contribution in [1.82, 2.24) is 20.1 Å².